The van der Waals surface area contributed by atoms with Crippen LogP contribution in [0.2, 0.25) is 0 Å². The molecular formula is C16H26O. The molecule has 0 aliphatic carbocycles. The smallest absolute Gasteiger partial charge is 0.0761 e. The molecule has 0 heterocycles. The van der Waals surface area contributed by atoms with Gasteiger partial charge in [0.1, 0.15) is 0 Å². The van der Waals surface area contributed by atoms with Crippen molar-refractivity contribution in [2.75, 3.05) is 0 Å². The third kappa shape index (κ3) is 5.88. The molecule has 0 amide bonds. The van der Waals surface area contributed by atoms with Crippen molar-refractivity contribution in [3.05, 3.63) is 35.4 Å². The van der Waals surface area contributed by atoms with Crippen LogP contribution in [0.5, 0.6) is 0 Å². The molecule has 0 unspecified atom stereocenters. The molecular weight excluding hydrogens is 208 g/mol. The number of hydrogen-bond acceptors (Lipinski definition) is 1. The van der Waals surface area contributed by atoms with E-state index in [4.69, 9.17) is 0 Å². The second-order valence-electron chi connectivity index (χ2n) is 4.94. The molecule has 0 aliphatic rings. The number of hydrogen-bond donors (Lipinski definition) is 1. The highest BCUT2D eigenvalue weighted by Gasteiger charge is 2.00. The predicted molar refractivity (Wildman–Crippen MR) is 74.2 cm³/mol. The number of unbranched alkanes of at least 4 members (excludes halogenated alkanes) is 5. The van der Waals surface area contributed by atoms with Crippen LogP contribution in [0, 0.1) is 0 Å². The molecule has 0 aromatic heterocycles. The van der Waals surface area contributed by atoms with Gasteiger partial charge in [0.15, 0.2) is 0 Å². The molecule has 0 radical (unpaired) electrons. The first-order chi connectivity index (χ1) is 8.24. The number of aliphatic hydroxyl groups is 1. The molecule has 1 atom stereocenters. The number of aliphatic hydroxyl groups excluding tert-OH is 1. The molecule has 0 saturated heterocycles. The molecule has 1 rings (SSSR count). The summed E-state index contributed by atoms with van der Waals surface area (Å²) in [6, 6.07) is 8.37. The van der Waals surface area contributed by atoms with Gasteiger partial charge in [0.05, 0.1) is 6.10 Å². The Hall–Kier alpha value is -0.820. The van der Waals surface area contributed by atoms with E-state index in [9.17, 15) is 5.11 Å². The first kappa shape index (κ1) is 14.2. The van der Waals surface area contributed by atoms with Crippen LogP contribution in [0.15, 0.2) is 24.3 Å². The predicted octanol–water partition coefficient (Wildman–Crippen LogP) is 4.64. The zero-order valence-corrected chi connectivity index (χ0v) is 11.3. The van der Waals surface area contributed by atoms with Gasteiger partial charge in [-0.2, -0.15) is 0 Å². The lowest BCUT2D eigenvalue weighted by Crippen LogP contribution is -1.92. The average molecular weight is 234 g/mol. The SMILES string of the molecule is CCCCCCCCc1ccc([C@H](C)O)cc1. The average Bonchev–Trinajstić information content (AvgIpc) is 2.34. The van der Waals surface area contributed by atoms with Crippen molar-refractivity contribution in [1.82, 2.24) is 0 Å². The molecule has 1 N–H and O–H groups in total. The summed E-state index contributed by atoms with van der Waals surface area (Å²) in [6.07, 6.45) is 8.92. The van der Waals surface area contributed by atoms with Crippen LogP contribution in [0.4, 0.5) is 0 Å². The van der Waals surface area contributed by atoms with Crippen LogP contribution in [-0.2, 0) is 6.42 Å². The minimum atomic E-state index is -0.349. The maximum atomic E-state index is 9.41. The largest absolute Gasteiger partial charge is 0.389 e. The summed E-state index contributed by atoms with van der Waals surface area (Å²) in [7, 11) is 0. The fourth-order valence-corrected chi connectivity index (χ4v) is 2.07. The molecule has 1 heteroatoms. The Bertz CT molecular complexity index is 287. The Balaban J connectivity index is 2.19. The van der Waals surface area contributed by atoms with E-state index in [1.807, 2.05) is 19.1 Å². The second-order valence-corrected chi connectivity index (χ2v) is 4.94. The molecule has 0 saturated carbocycles. The highest BCUT2D eigenvalue weighted by Crippen LogP contribution is 2.15. The topological polar surface area (TPSA) is 20.2 Å². The van der Waals surface area contributed by atoms with Gasteiger partial charge in [-0.15, -0.1) is 0 Å². The molecule has 0 bridgehead atoms. The molecule has 1 aromatic carbocycles. The van der Waals surface area contributed by atoms with E-state index in [1.54, 1.807) is 0 Å². The fourth-order valence-electron chi connectivity index (χ4n) is 2.07. The van der Waals surface area contributed by atoms with Crippen molar-refractivity contribution in [3.63, 3.8) is 0 Å². The van der Waals surface area contributed by atoms with Gasteiger partial charge >= 0.3 is 0 Å². The molecule has 0 fully saturated rings. The number of benzene rings is 1. The minimum Gasteiger partial charge on any atom is -0.389 e. The lowest BCUT2D eigenvalue weighted by Gasteiger charge is -2.06. The highest BCUT2D eigenvalue weighted by molar-refractivity contribution is 5.23. The molecule has 1 nitrogen and oxygen atoms in total. The van der Waals surface area contributed by atoms with E-state index in [2.05, 4.69) is 19.1 Å². The van der Waals surface area contributed by atoms with Gasteiger partial charge in [0, 0.05) is 0 Å². The van der Waals surface area contributed by atoms with E-state index >= 15 is 0 Å². The monoisotopic (exact) mass is 234 g/mol. The Kier molecular flexibility index (Phi) is 6.95. The van der Waals surface area contributed by atoms with Crippen LogP contribution in [0.1, 0.15) is 69.6 Å². The van der Waals surface area contributed by atoms with Gasteiger partial charge in [-0.05, 0) is 30.9 Å². The third-order valence-electron chi connectivity index (χ3n) is 3.28. The molecule has 0 aliphatic heterocycles. The zero-order chi connectivity index (χ0) is 12.5. The summed E-state index contributed by atoms with van der Waals surface area (Å²) < 4.78 is 0. The Labute approximate surface area is 106 Å². The third-order valence-corrected chi connectivity index (χ3v) is 3.28. The minimum absolute atomic E-state index is 0.349. The lowest BCUT2D eigenvalue weighted by molar-refractivity contribution is 0.199. The molecule has 17 heavy (non-hydrogen) atoms. The van der Waals surface area contributed by atoms with Crippen molar-refractivity contribution >= 4 is 0 Å². The lowest BCUT2D eigenvalue weighted by atomic mass is 10.0. The molecule has 0 spiro atoms. The van der Waals surface area contributed by atoms with E-state index in [-0.39, 0.29) is 6.10 Å². The van der Waals surface area contributed by atoms with Gasteiger partial charge in [0.25, 0.3) is 0 Å². The van der Waals surface area contributed by atoms with Crippen molar-refractivity contribution in [2.24, 2.45) is 0 Å². The van der Waals surface area contributed by atoms with Crippen molar-refractivity contribution in [2.45, 2.75) is 64.9 Å². The van der Waals surface area contributed by atoms with Crippen LogP contribution >= 0.6 is 0 Å². The van der Waals surface area contributed by atoms with Crippen molar-refractivity contribution < 1.29 is 5.11 Å². The summed E-state index contributed by atoms with van der Waals surface area (Å²) in [5, 5.41) is 9.41. The number of aryl methyl sites for hydroxylation is 1. The first-order valence-electron chi connectivity index (χ1n) is 7.01. The van der Waals surface area contributed by atoms with Crippen molar-refractivity contribution in [1.29, 1.82) is 0 Å². The van der Waals surface area contributed by atoms with Gasteiger partial charge in [0.2, 0.25) is 0 Å². The summed E-state index contributed by atoms with van der Waals surface area (Å²) in [5.74, 6) is 0. The quantitative estimate of drug-likeness (QED) is 0.649. The maximum Gasteiger partial charge on any atom is 0.0761 e. The number of rotatable bonds is 8. The Morgan fingerprint density at radius 3 is 2.12 bits per heavy atom. The fraction of sp³-hybridized carbons (Fsp3) is 0.625. The first-order valence-corrected chi connectivity index (χ1v) is 7.01. The second kappa shape index (κ2) is 8.30. The van der Waals surface area contributed by atoms with E-state index in [0.29, 0.717) is 0 Å². The summed E-state index contributed by atoms with van der Waals surface area (Å²) in [5.41, 5.74) is 2.40. The van der Waals surface area contributed by atoms with E-state index in [1.165, 1.54) is 50.5 Å². The van der Waals surface area contributed by atoms with Crippen LogP contribution in [-0.4, -0.2) is 5.11 Å². The zero-order valence-electron chi connectivity index (χ0n) is 11.3. The Morgan fingerprint density at radius 2 is 1.53 bits per heavy atom. The van der Waals surface area contributed by atoms with E-state index < -0.39 is 0 Å². The van der Waals surface area contributed by atoms with Crippen LogP contribution < -0.4 is 0 Å². The van der Waals surface area contributed by atoms with E-state index in [0.717, 1.165) is 5.56 Å². The normalized spacial score (nSPS) is 12.6. The van der Waals surface area contributed by atoms with Crippen molar-refractivity contribution in [3.8, 4) is 0 Å². The van der Waals surface area contributed by atoms with Gasteiger partial charge in [-0.3, -0.25) is 0 Å². The molecule has 96 valence electrons. The van der Waals surface area contributed by atoms with Gasteiger partial charge < -0.3 is 5.11 Å². The molecule has 1 aromatic rings. The summed E-state index contributed by atoms with van der Waals surface area (Å²) in [6.45, 7) is 4.06. The summed E-state index contributed by atoms with van der Waals surface area (Å²) in [4.78, 5) is 0. The Morgan fingerprint density at radius 1 is 0.941 bits per heavy atom. The highest BCUT2D eigenvalue weighted by atomic mass is 16.3. The standard InChI is InChI=1S/C16H26O/c1-3-4-5-6-7-8-9-15-10-12-16(13-11-15)14(2)17/h10-14,17H,3-9H2,1-2H3/t14-/m0/s1. The van der Waals surface area contributed by atoms with Gasteiger partial charge in [-0.1, -0.05) is 63.3 Å². The summed E-state index contributed by atoms with van der Waals surface area (Å²) >= 11 is 0. The van der Waals surface area contributed by atoms with Crippen LogP contribution in [0.25, 0.3) is 0 Å². The van der Waals surface area contributed by atoms with Gasteiger partial charge in [-0.25, -0.2) is 0 Å². The maximum absolute atomic E-state index is 9.41. The van der Waals surface area contributed by atoms with Crippen LogP contribution in [0.3, 0.4) is 0 Å².